The van der Waals surface area contributed by atoms with Gasteiger partial charge in [-0.1, -0.05) is 35.3 Å². The fraction of sp³-hybridized carbons (Fsp3) is 0.280. The van der Waals surface area contributed by atoms with Crippen molar-refractivity contribution in [2.45, 2.75) is 32.0 Å². The van der Waals surface area contributed by atoms with Gasteiger partial charge in [0.05, 0.1) is 21.1 Å². The van der Waals surface area contributed by atoms with Gasteiger partial charge in [0.25, 0.3) is 0 Å². The normalized spacial score (nSPS) is 15.2. The van der Waals surface area contributed by atoms with Crippen LogP contribution < -0.4 is 14.8 Å². The van der Waals surface area contributed by atoms with Crippen molar-refractivity contribution in [2.24, 2.45) is 0 Å². The molecule has 11 heteroatoms. The number of aromatic carboxylic acids is 1. The molecule has 36 heavy (non-hydrogen) atoms. The first-order valence-corrected chi connectivity index (χ1v) is 12.9. The van der Waals surface area contributed by atoms with Crippen LogP contribution in [0.5, 0.6) is 11.5 Å². The maximum absolute atomic E-state index is 14.1. The maximum Gasteiger partial charge on any atom is 0.349 e. The summed E-state index contributed by atoms with van der Waals surface area (Å²) in [5.74, 6) is -0.980. The fourth-order valence-electron chi connectivity index (χ4n) is 4.18. The zero-order chi connectivity index (χ0) is 25.4. The van der Waals surface area contributed by atoms with E-state index in [2.05, 4.69) is 10.3 Å². The van der Waals surface area contributed by atoms with E-state index in [4.69, 9.17) is 32.7 Å². The highest BCUT2D eigenvalue weighted by Crippen LogP contribution is 2.39. The highest BCUT2D eigenvalue weighted by Gasteiger charge is 2.24. The number of nitrogens with one attached hydrogen (secondary N) is 1. The molecule has 3 heterocycles. The molecule has 0 unspecified atom stereocenters. The average molecular weight is 550 g/mol. The number of piperidine rings is 1. The standard InChI is InChI=1S/C25H22Cl2FN3O4S/c1-13(15-3-2-4-20(23(15)27)35-14-5-7-29-8-6-14)34-21-11-22(36-24(21)25(32)33)31-12-30-18-9-16(26)17(28)10-19(18)31/h2-4,9-14,29H,5-8H2,1H3,(H,32,33)/t13-/m1/s1. The predicted octanol–water partition coefficient (Wildman–Crippen LogP) is 6.50. The third-order valence-corrected chi connectivity index (χ3v) is 7.82. The SMILES string of the molecule is C[C@@H](Oc1cc(-n2cnc3cc(Cl)c(F)cc32)sc1C(=O)O)c1cccc(OC2CCNCC2)c1Cl. The summed E-state index contributed by atoms with van der Waals surface area (Å²) in [6, 6.07) is 9.78. The van der Waals surface area contributed by atoms with E-state index >= 15 is 0 Å². The first-order valence-electron chi connectivity index (χ1n) is 11.3. The van der Waals surface area contributed by atoms with Gasteiger partial charge in [-0.2, -0.15) is 0 Å². The zero-order valence-electron chi connectivity index (χ0n) is 19.1. The van der Waals surface area contributed by atoms with Crippen LogP contribution in [-0.4, -0.2) is 39.8 Å². The van der Waals surface area contributed by atoms with Crippen LogP contribution in [0, 0.1) is 5.82 Å². The minimum atomic E-state index is -1.14. The average Bonchev–Trinajstić information content (AvgIpc) is 3.45. The number of imidazole rings is 1. The van der Waals surface area contributed by atoms with Crippen molar-refractivity contribution >= 4 is 51.5 Å². The van der Waals surface area contributed by atoms with E-state index in [1.807, 2.05) is 18.2 Å². The van der Waals surface area contributed by atoms with Crippen LogP contribution >= 0.6 is 34.5 Å². The van der Waals surface area contributed by atoms with Gasteiger partial charge in [-0.05, 0) is 45.0 Å². The lowest BCUT2D eigenvalue weighted by molar-refractivity contribution is 0.0695. The summed E-state index contributed by atoms with van der Waals surface area (Å²) in [6.07, 6.45) is 2.79. The monoisotopic (exact) mass is 549 g/mol. The number of carbonyl (C=O) groups is 1. The first kappa shape index (κ1) is 24.8. The summed E-state index contributed by atoms with van der Waals surface area (Å²) < 4.78 is 27.9. The van der Waals surface area contributed by atoms with E-state index in [0.717, 1.165) is 37.3 Å². The summed E-state index contributed by atoms with van der Waals surface area (Å²) in [6.45, 7) is 3.58. The van der Waals surface area contributed by atoms with Gasteiger partial charge in [-0.15, -0.1) is 11.3 Å². The van der Waals surface area contributed by atoms with Gasteiger partial charge in [-0.3, -0.25) is 4.57 Å². The maximum atomic E-state index is 14.1. The Morgan fingerprint density at radius 1 is 1.25 bits per heavy atom. The van der Waals surface area contributed by atoms with Gasteiger partial charge in [0.15, 0.2) is 4.88 Å². The van der Waals surface area contributed by atoms with E-state index < -0.39 is 17.9 Å². The molecule has 0 spiro atoms. The molecule has 0 amide bonds. The molecular formula is C25H22Cl2FN3O4S. The molecule has 7 nitrogen and oxygen atoms in total. The van der Waals surface area contributed by atoms with Crippen LogP contribution in [-0.2, 0) is 0 Å². The number of ether oxygens (including phenoxy) is 2. The Bertz CT molecular complexity index is 1430. The van der Waals surface area contributed by atoms with Crippen LogP contribution in [0.4, 0.5) is 4.39 Å². The number of halogens is 3. The smallest absolute Gasteiger partial charge is 0.349 e. The summed E-state index contributed by atoms with van der Waals surface area (Å²) in [5.41, 5.74) is 1.62. The molecule has 1 saturated heterocycles. The highest BCUT2D eigenvalue weighted by atomic mass is 35.5. The summed E-state index contributed by atoms with van der Waals surface area (Å²) in [5, 5.41) is 14.0. The van der Waals surface area contributed by atoms with Gasteiger partial charge in [0.2, 0.25) is 0 Å². The Morgan fingerprint density at radius 3 is 2.78 bits per heavy atom. The fourth-order valence-corrected chi connectivity index (χ4v) is 5.57. The topological polar surface area (TPSA) is 85.6 Å². The van der Waals surface area contributed by atoms with Crippen molar-refractivity contribution in [3.05, 3.63) is 69.0 Å². The number of carboxylic acid groups (broad SMARTS) is 1. The summed E-state index contributed by atoms with van der Waals surface area (Å²) in [7, 11) is 0. The third-order valence-electron chi connectivity index (χ3n) is 6.02. The number of hydrogen-bond donors (Lipinski definition) is 2. The number of fused-ring (bicyclic) bond motifs is 1. The van der Waals surface area contributed by atoms with Crippen LogP contribution in [0.15, 0.2) is 42.7 Å². The van der Waals surface area contributed by atoms with Crippen molar-refractivity contribution in [1.82, 2.24) is 14.9 Å². The number of thiophene rings is 1. The van der Waals surface area contributed by atoms with Gasteiger partial charge in [0, 0.05) is 17.7 Å². The Kier molecular flexibility index (Phi) is 7.07. The second-order valence-corrected chi connectivity index (χ2v) is 10.3. The van der Waals surface area contributed by atoms with Crippen molar-refractivity contribution in [1.29, 1.82) is 0 Å². The van der Waals surface area contributed by atoms with Crippen molar-refractivity contribution in [3.8, 4) is 16.5 Å². The van der Waals surface area contributed by atoms with E-state index in [9.17, 15) is 14.3 Å². The molecule has 0 saturated carbocycles. The zero-order valence-corrected chi connectivity index (χ0v) is 21.5. The van der Waals surface area contributed by atoms with E-state index in [1.54, 1.807) is 17.6 Å². The van der Waals surface area contributed by atoms with Crippen LogP contribution in [0.3, 0.4) is 0 Å². The summed E-state index contributed by atoms with van der Waals surface area (Å²) in [4.78, 5) is 16.3. The number of rotatable bonds is 7. The second kappa shape index (κ2) is 10.3. The molecule has 4 aromatic rings. The molecule has 0 aliphatic carbocycles. The molecule has 5 rings (SSSR count). The van der Waals surface area contributed by atoms with E-state index in [-0.39, 0.29) is 21.8 Å². The van der Waals surface area contributed by atoms with Gasteiger partial charge >= 0.3 is 5.97 Å². The predicted molar refractivity (Wildman–Crippen MR) is 138 cm³/mol. The van der Waals surface area contributed by atoms with Crippen LogP contribution in [0.1, 0.15) is 41.1 Å². The Hall–Kier alpha value is -2.85. The molecular weight excluding hydrogens is 528 g/mol. The number of hydrogen-bond acceptors (Lipinski definition) is 6. The van der Waals surface area contributed by atoms with Gasteiger partial charge in [0.1, 0.15) is 40.9 Å². The molecule has 0 radical (unpaired) electrons. The Balaban J connectivity index is 1.43. The van der Waals surface area contributed by atoms with E-state index in [0.29, 0.717) is 32.4 Å². The molecule has 188 valence electrons. The summed E-state index contributed by atoms with van der Waals surface area (Å²) >= 11 is 13.5. The number of nitrogens with zero attached hydrogens (tertiary/aromatic N) is 2. The molecule has 2 aromatic carbocycles. The molecule has 2 N–H and O–H groups in total. The molecule has 1 aliphatic rings. The van der Waals surface area contributed by atoms with Crippen molar-refractivity contribution in [3.63, 3.8) is 0 Å². The minimum Gasteiger partial charge on any atom is -0.489 e. The van der Waals surface area contributed by atoms with Gasteiger partial charge in [-0.25, -0.2) is 14.2 Å². The minimum absolute atomic E-state index is 0.00590. The molecule has 0 bridgehead atoms. The number of carboxylic acids is 1. The second-order valence-electron chi connectivity index (χ2n) is 8.44. The molecule has 1 atom stereocenters. The molecule has 1 aliphatic heterocycles. The lowest BCUT2D eigenvalue weighted by atomic mass is 10.1. The lowest BCUT2D eigenvalue weighted by Crippen LogP contribution is -2.34. The van der Waals surface area contributed by atoms with Crippen LogP contribution in [0.25, 0.3) is 16.0 Å². The lowest BCUT2D eigenvalue weighted by Gasteiger charge is -2.25. The first-order chi connectivity index (χ1) is 17.3. The van der Waals surface area contributed by atoms with Crippen molar-refractivity contribution < 1.29 is 23.8 Å². The Labute approximate surface area is 220 Å². The molecule has 1 fully saturated rings. The molecule has 2 aromatic heterocycles. The number of aromatic nitrogens is 2. The Morgan fingerprint density at radius 2 is 2.03 bits per heavy atom. The third kappa shape index (κ3) is 4.88. The van der Waals surface area contributed by atoms with E-state index in [1.165, 1.54) is 18.5 Å². The van der Waals surface area contributed by atoms with Crippen LogP contribution in [0.2, 0.25) is 10.0 Å². The van der Waals surface area contributed by atoms with Crippen molar-refractivity contribution in [2.75, 3.05) is 13.1 Å². The quantitative estimate of drug-likeness (QED) is 0.273. The van der Waals surface area contributed by atoms with Gasteiger partial charge < -0.3 is 19.9 Å². The largest absolute Gasteiger partial charge is 0.489 e. The highest BCUT2D eigenvalue weighted by molar-refractivity contribution is 7.16. The number of benzene rings is 2.